The number of benzene rings is 1. The zero-order chi connectivity index (χ0) is 25.2. The van der Waals surface area contributed by atoms with Crippen molar-refractivity contribution in [3.63, 3.8) is 0 Å². The van der Waals surface area contributed by atoms with Crippen LogP contribution in [0.1, 0.15) is 33.1 Å². The van der Waals surface area contributed by atoms with E-state index in [9.17, 15) is 18.0 Å². The molecule has 0 saturated heterocycles. The molecule has 0 aliphatic heterocycles. The molecule has 1 saturated carbocycles. The first-order valence-corrected chi connectivity index (χ1v) is 11.0. The number of nitrogen functional groups attached to an aromatic ring is 1. The van der Waals surface area contributed by atoms with Crippen LogP contribution in [0.5, 0.6) is 0 Å². The Hall–Kier alpha value is -4.56. The van der Waals surface area contributed by atoms with Gasteiger partial charge in [0.25, 0.3) is 5.91 Å². The maximum Gasteiger partial charge on any atom is 0.433 e. The van der Waals surface area contributed by atoms with Crippen LogP contribution in [0.15, 0.2) is 77.8 Å². The minimum absolute atomic E-state index is 0.0899. The molecule has 2 aliphatic carbocycles. The number of amides is 1. The van der Waals surface area contributed by atoms with Gasteiger partial charge in [0, 0.05) is 34.5 Å². The molecule has 36 heavy (non-hydrogen) atoms. The van der Waals surface area contributed by atoms with Gasteiger partial charge < -0.3 is 10.6 Å². The van der Waals surface area contributed by atoms with Crippen molar-refractivity contribution in [2.45, 2.75) is 25.2 Å². The predicted octanol–water partition coefficient (Wildman–Crippen LogP) is 4.35. The average Bonchev–Trinajstić information content (AvgIpc) is 3.77. The molecule has 1 aromatic carbocycles. The van der Waals surface area contributed by atoms with E-state index in [1.54, 1.807) is 36.7 Å². The van der Waals surface area contributed by atoms with Crippen molar-refractivity contribution in [3.8, 4) is 0 Å². The SMILES string of the molecule is Cc1cc2cc(C(=O)N(Cc3cccc(C(F)(F)F)n3)C3(c4ncccn4)C4=C=C43)ccc2nc1N. The van der Waals surface area contributed by atoms with Crippen LogP contribution in [-0.4, -0.2) is 30.7 Å². The molecule has 10 heteroatoms. The first-order valence-electron chi connectivity index (χ1n) is 11.0. The standard InChI is InChI=1S/C26H17F3N6O/c1-14-10-16-11-15(6-7-20(16)34-22(14)30)23(36)35(13-17-4-2-5-21(33-17)26(27,28)29)25(18-12-19(18)25)24-31-8-3-9-32-24/h2-11H,13H2,1H3,(H2,30,34). The fourth-order valence-electron chi connectivity index (χ4n) is 4.40. The smallest absolute Gasteiger partial charge is 0.383 e. The van der Waals surface area contributed by atoms with Crippen molar-refractivity contribution < 1.29 is 18.0 Å². The van der Waals surface area contributed by atoms with Gasteiger partial charge in [-0.25, -0.2) is 19.9 Å². The van der Waals surface area contributed by atoms with Crippen molar-refractivity contribution in [1.82, 2.24) is 24.8 Å². The highest BCUT2D eigenvalue weighted by atomic mass is 19.4. The van der Waals surface area contributed by atoms with Gasteiger partial charge in [0.2, 0.25) is 0 Å². The van der Waals surface area contributed by atoms with Gasteiger partial charge in [0.15, 0.2) is 11.4 Å². The number of carbonyl (C=O) groups excluding carboxylic acids is 1. The summed E-state index contributed by atoms with van der Waals surface area (Å²) < 4.78 is 40.0. The number of nitrogens with zero attached hydrogens (tertiary/aromatic N) is 5. The van der Waals surface area contributed by atoms with E-state index in [1.807, 2.05) is 13.0 Å². The maximum absolute atomic E-state index is 14.0. The monoisotopic (exact) mass is 486 g/mol. The minimum atomic E-state index is -4.61. The van der Waals surface area contributed by atoms with Crippen molar-refractivity contribution in [3.05, 3.63) is 106 Å². The summed E-state index contributed by atoms with van der Waals surface area (Å²) in [5, 5.41) is 0.717. The summed E-state index contributed by atoms with van der Waals surface area (Å²) in [4.78, 5) is 32.3. The highest BCUT2D eigenvalue weighted by Gasteiger charge is 2.71. The zero-order valence-electron chi connectivity index (χ0n) is 18.8. The molecule has 3 heterocycles. The molecule has 7 nitrogen and oxygen atoms in total. The van der Waals surface area contributed by atoms with Gasteiger partial charge in [-0.15, -0.1) is 5.73 Å². The van der Waals surface area contributed by atoms with E-state index in [2.05, 4.69) is 25.7 Å². The number of halogens is 3. The van der Waals surface area contributed by atoms with Crippen LogP contribution in [0.3, 0.4) is 0 Å². The van der Waals surface area contributed by atoms with E-state index in [1.165, 1.54) is 17.0 Å². The van der Waals surface area contributed by atoms with E-state index in [4.69, 9.17) is 5.73 Å². The normalized spacial score (nSPS) is 15.1. The lowest BCUT2D eigenvalue weighted by atomic mass is 10.0. The zero-order valence-corrected chi connectivity index (χ0v) is 18.8. The van der Waals surface area contributed by atoms with Crippen LogP contribution in [0, 0.1) is 6.92 Å². The van der Waals surface area contributed by atoms with E-state index >= 15 is 0 Å². The first-order chi connectivity index (χ1) is 17.2. The number of pyridine rings is 2. The number of carbonyl (C=O) groups is 1. The Labute approximate surface area is 202 Å². The molecule has 2 aliphatic rings. The fourth-order valence-corrected chi connectivity index (χ4v) is 4.40. The van der Waals surface area contributed by atoms with Crippen molar-refractivity contribution in [2.75, 3.05) is 5.73 Å². The van der Waals surface area contributed by atoms with Gasteiger partial charge in [-0.3, -0.25) is 4.79 Å². The molecule has 6 rings (SSSR count). The molecule has 0 bridgehead atoms. The third kappa shape index (κ3) is 3.34. The molecule has 0 atom stereocenters. The summed E-state index contributed by atoms with van der Waals surface area (Å²) in [6.45, 7) is 1.63. The molecule has 2 N–H and O–H groups in total. The number of fused-ring (bicyclic) bond motifs is 2. The highest BCUT2D eigenvalue weighted by molar-refractivity contribution is 6.01. The Morgan fingerprint density at radius 2 is 1.81 bits per heavy atom. The molecule has 1 amide bonds. The summed E-state index contributed by atoms with van der Waals surface area (Å²) in [7, 11) is 0. The molecule has 0 spiro atoms. The van der Waals surface area contributed by atoms with Crippen LogP contribution in [-0.2, 0) is 18.3 Å². The molecule has 4 aromatic rings. The Morgan fingerprint density at radius 1 is 1.06 bits per heavy atom. The Bertz CT molecular complexity index is 1630. The van der Waals surface area contributed by atoms with Gasteiger partial charge >= 0.3 is 6.18 Å². The third-order valence-electron chi connectivity index (χ3n) is 6.35. The molecular formula is C26H17F3N6O. The fraction of sp³-hybridized carbons (Fsp3) is 0.154. The first kappa shape index (κ1) is 21.9. The number of nitrogens with two attached hydrogens (primary N) is 1. The molecule has 0 radical (unpaired) electrons. The quantitative estimate of drug-likeness (QED) is 0.422. The lowest BCUT2D eigenvalue weighted by Gasteiger charge is -2.31. The molecule has 3 aromatic heterocycles. The lowest BCUT2D eigenvalue weighted by Crippen LogP contribution is -2.42. The van der Waals surface area contributed by atoms with Crippen LogP contribution >= 0.6 is 0 Å². The summed E-state index contributed by atoms with van der Waals surface area (Å²) in [5.41, 5.74) is 10.3. The van der Waals surface area contributed by atoms with E-state index in [0.29, 0.717) is 28.1 Å². The number of hydrogen-bond donors (Lipinski definition) is 1. The third-order valence-corrected chi connectivity index (χ3v) is 6.35. The van der Waals surface area contributed by atoms with Crippen LogP contribution in [0.4, 0.5) is 19.0 Å². The van der Waals surface area contributed by atoms with Gasteiger partial charge in [-0.2, -0.15) is 13.2 Å². The second-order valence-electron chi connectivity index (χ2n) is 8.66. The lowest BCUT2D eigenvalue weighted by molar-refractivity contribution is -0.141. The van der Waals surface area contributed by atoms with E-state index in [-0.39, 0.29) is 12.2 Å². The summed E-state index contributed by atoms with van der Waals surface area (Å²) >= 11 is 0. The number of rotatable bonds is 5. The van der Waals surface area contributed by atoms with Gasteiger partial charge in [-0.05, 0) is 55.0 Å². The topological polar surface area (TPSA) is 97.9 Å². The second-order valence-corrected chi connectivity index (χ2v) is 8.66. The van der Waals surface area contributed by atoms with Crippen molar-refractivity contribution >= 4 is 22.6 Å². The molecule has 0 unspecified atom stereocenters. The largest absolute Gasteiger partial charge is 0.433 e. The van der Waals surface area contributed by atoms with Crippen molar-refractivity contribution in [2.24, 2.45) is 0 Å². The predicted molar refractivity (Wildman–Crippen MR) is 124 cm³/mol. The summed E-state index contributed by atoms with van der Waals surface area (Å²) in [6.07, 6.45) is -1.49. The molecular weight excluding hydrogens is 469 g/mol. The molecule has 178 valence electrons. The van der Waals surface area contributed by atoms with Crippen LogP contribution in [0.25, 0.3) is 10.9 Å². The maximum atomic E-state index is 14.0. The van der Waals surface area contributed by atoms with Gasteiger partial charge in [0.05, 0.1) is 17.8 Å². The Morgan fingerprint density at radius 3 is 2.47 bits per heavy atom. The van der Waals surface area contributed by atoms with E-state index < -0.39 is 23.3 Å². The number of aryl methyl sites for hydroxylation is 1. The number of alkyl halides is 3. The minimum Gasteiger partial charge on any atom is -0.383 e. The number of aromatic nitrogens is 4. The Balaban J connectivity index is 1.45. The van der Waals surface area contributed by atoms with Crippen LogP contribution in [0.2, 0.25) is 0 Å². The second kappa shape index (κ2) is 7.47. The summed E-state index contributed by atoms with van der Waals surface area (Å²) in [6, 6.07) is 12.1. The highest BCUT2D eigenvalue weighted by Crippen LogP contribution is 2.67. The van der Waals surface area contributed by atoms with Gasteiger partial charge in [-0.1, -0.05) is 6.07 Å². The average molecular weight is 486 g/mol. The van der Waals surface area contributed by atoms with Gasteiger partial charge in [0.1, 0.15) is 11.5 Å². The van der Waals surface area contributed by atoms with Crippen molar-refractivity contribution in [1.29, 1.82) is 0 Å². The van der Waals surface area contributed by atoms with Crippen LogP contribution < -0.4 is 5.73 Å². The Kier molecular flexibility index (Phi) is 4.55. The molecule has 1 fully saturated rings. The summed E-state index contributed by atoms with van der Waals surface area (Å²) in [5.74, 6) is 0.350. The number of anilines is 1. The van der Waals surface area contributed by atoms with E-state index in [0.717, 1.165) is 22.8 Å². The number of hydrogen-bond acceptors (Lipinski definition) is 6.